The van der Waals surface area contributed by atoms with Crippen molar-refractivity contribution in [2.75, 3.05) is 5.32 Å². The number of rotatable bonds is 2. The van der Waals surface area contributed by atoms with E-state index in [1.165, 1.54) is 0 Å². The van der Waals surface area contributed by atoms with Gasteiger partial charge in [-0.25, -0.2) is 4.63 Å². The topological polar surface area (TPSA) is 68.0 Å². The molecule has 6 heteroatoms. The van der Waals surface area contributed by atoms with E-state index in [0.717, 1.165) is 0 Å². The van der Waals surface area contributed by atoms with Crippen molar-refractivity contribution in [3.63, 3.8) is 0 Å². The zero-order chi connectivity index (χ0) is 13.2. The SMILES string of the molecule is O=C(Nc1ccc(Cl)cc1)c1ccc2nonc2c1. The van der Waals surface area contributed by atoms with Crippen LogP contribution in [0.15, 0.2) is 47.1 Å². The molecule has 1 aromatic heterocycles. The Hall–Kier alpha value is -2.40. The second kappa shape index (κ2) is 4.70. The fraction of sp³-hybridized carbons (Fsp3) is 0. The zero-order valence-electron chi connectivity index (χ0n) is 9.63. The maximum Gasteiger partial charge on any atom is 0.255 e. The third-order valence-corrected chi connectivity index (χ3v) is 2.87. The van der Waals surface area contributed by atoms with E-state index in [2.05, 4.69) is 20.3 Å². The van der Waals surface area contributed by atoms with Crippen LogP contribution in [0.2, 0.25) is 5.02 Å². The van der Waals surface area contributed by atoms with Crippen LogP contribution in [-0.4, -0.2) is 16.2 Å². The first-order valence-electron chi connectivity index (χ1n) is 5.51. The summed E-state index contributed by atoms with van der Waals surface area (Å²) < 4.78 is 4.58. The summed E-state index contributed by atoms with van der Waals surface area (Å²) in [6.45, 7) is 0. The Morgan fingerprint density at radius 1 is 1.05 bits per heavy atom. The summed E-state index contributed by atoms with van der Waals surface area (Å²) in [4.78, 5) is 12.0. The number of benzene rings is 2. The molecule has 5 nitrogen and oxygen atoms in total. The van der Waals surface area contributed by atoms with E-state index in [9.17, 15) is 4.79 Å². The maximum atomic E-state index is 12.0. The molecule has 1 heterocycles. The number of nitrogens with one attached hydrogen (secondary N) is 1. The van der Waals surface area contributed by atoms with Gasteiger partial charge in [-0.15, -0.1) is 0 Å². The minimum Gasteiger partial charge on any atom is -0.322 e. The van der Waals surface area contributed by atoms with E-state index in [1.807, 2.05) is 0 Å². The molecule has 0 bridgehead atoms. The predicted octanol–water partition coefficient (Wildman–Crippen LogP) is 3.13. The molecule has 3 aromatic rings. The van der Waals surface area contributed by atoms with E-state index in [-0.39, 0.29) is 5.91 Å². The van der Waals surface area contributed by atoms with E-state index < -0.39 is 0 Å². The third-order valence-electron chi connectivity index (χ3n) is 2.62. The molecule has 0 aliphatic heterocycles. The van der Waals surface area contributed by atoms with Gasteiger partial charge in [-0.2, -0.15) is 0 Å². The lowest BCUT2D eigenvalue weighted by atomic mass is 10.2. The third kappa shape index (κ3) is 2.41. The monoisotopic (exact) mass is 273 g/mol. The van der Waals surface area contributed by atoms with E-state index >= 15 is 0 Å². The molecule has 3 rings (SSSR count). The molecular formula is C13H8ClN3O2. The van der Waals surface area contributed by atoms with Gasteiger partial charge >= 0.3 is 0 Å². The number of hydrogen-bond donors (Lipinski definition) is 1. The summed E-state index contributed by atoms with van der Waals surface area (Å²) in [5.74, 6) is -0.229. The van der Waals surface area contributed by atoms with Gasteiger partial charge in [0.25, 0.3) is 5.91 Å². The van der Waals surface area contributed by atoms with Crippen LogP contribution in [-0.2, 0) is 0 Å². The molecule has 0 radical (unpaired) electrons. The van der Waals surface area contributed by atoms with E-state index in [4.69, 9.17) is 11.6 Å². The molecule has 2 aromatic carbocycles. The van der Waals surface area contributed by atoms with Crippen molar-refractivity contribution < 1.29 is 9.42 Å². The molecule has 1 amide bonds. The second-order valence-corrected chi connectivity index (χ2v) is 4.37. The van der Waals surface area contributed by atoms with Crippen LogP contribution in [0.25, 0.3) is 11.0 Å². The molecular weight excluding hydrogens is 266 g/mol. The summed E-state index contributed by atoms with van der Waals surface area (Å²) in [6.07, 6.45) is 0. The molecule has 94 valence electrons. The van der Waals surface area contributed by atoms with Gasteiger partial charge in [-0.1, -0.05) is 11.6 Å². The molecule has 0 saturated carbocycles. The normalized spacial score (nSPS) is 10.6. The minimum absolute atomic E-state index is 0.229. The molecule has 0 aliphatic carbocycles. The van der Waals surface area contributed by atoms with Gasteiger partial charge < -0.3 is 5.32 Å². The van der Waals surface area contributed by atoms with Crippen LogP contribution in [0.4, 0.5) is 5.69 Å². The van der Waals surface area contributed by atoms with Crippen molar-refractivity contribution in [3.05, 3.63) is 53.1 Å². The highest BCUT2D eigenvalue weighted by atomic mass is 35.5. The standard InChI is InChI=1S/C13H8ClN3O2/c14-9-2-4-10(5-3-9)15-13(18)8-1-6-11-12(7-8)17-19-16-11/h1-7H,(H,15,18). The number of amides is 1. The Balaban J connectivity index is 1.84. The molecule has 1 N–H and O–H groups in total. The van der Waals surface area contributed by atoms with Crippen LogP contribution >= 0.6 is 11.6 Å². The van der Waals surface area contributed by atoms with Crippen molar-refractivity contribution in [1.82, 2.24) is 10.3 Å². The summed E-state index contributed by atoms with van der Waals surface area (Å²) in [7, 11) is 0. The second-order valence-electron chi connectivity index (χ2n) is 3.93. The number of carbonyl (C=O) groups is 1. The fourth-order valence-corrected chi connectivity index (χ4v) is 1.79. The number of nitrogens with zero attached hydrogens (tertiary/aromatic N) is 2. The number of carbonyl (C=O) groups excluding carboxylic acids is 1. The van der Waals surface area contributed by atoms with E-state index in [1.54, 1.807) is 42.5 Å². The van der Waals surface area contributed by atoms with Crippen molar-refractivity contribution in [3.8, 4) is 0 Å². The Morgan fingerprint density at radius 3 is 2.58 bits per heavy atom. The van der Waals surface area contributed by atoms with Gasteiger partial charge in [0, 0.05) is 16.3 Å². The Morgan fingerprint density at radius 2 is 1.79 bits per heavy atom. The summed E-state index contributed by atoms with van der Waals surface area (Å²) in [6, 6.07) is 11.9. The summed E-state index contributed by atoms with van der Waals surface area (Å²) in [5.41, 5.74) is 2.32. The first-order chi connectivity index (χ1) is 9.22. The van der Waals surface area contributed by atoms with Crippen LogP contribution in [0, 0.1) is 0 Å². The molecule has 0 spiro atoms. The highest BCUT2D eigenvalue weighted by Crippen LogP contribution is 2.16. The van der Waals surface area contributed by atoms with Gasteiger partial charge in [0.15, 0.2) is 0 Å². The number of halogens is 1. The molecule has 0 unspecified atom stereocenters. The minimum atomic E-state index is -0.229. The van der Waals surface area contributed by atoms with Crippen molar-refractivity contribution in [1.29, 1.82) is 0 Å². The van der Waals surface area contributed by atoms with Gasteiger partial charge in [0.2, 0.25) is 0 Å². The lowest BCUT2D eigenvalue weighted by molar-refractivity contribution is 0.102. The van der Waals surface area contributed by atoms with Gasteiger partial charge in [-0.3, -0.25) is 4.79 Å². The van der Waals surface area contributed by atoms with Crippen LogP contribution in [0.1, 0.15) is 10.4 Å². The molecule has 0 saturated heterocycles. The average molecular weight is 274 g/mol. The van der Waals surface area contributed by atoms with Crippen molar-refractivity contribution in [2.24, 2.45) is 0 Å². The average Bonchev–Trinajstić information content (AvgIpc) is 2.88. The predicted molar refractivity (Wildman–Crippen MR) is 71.2 cm³/mol. The van der Waals surface area contributed by atoms with Gasteiger partial charge in [-0.05, 0) is 52.8 Å². The van der Waals surface area contributed by atoms with Crippen LogP contribution < -0.4 is 5.32 Å². The number of hydrogen-bond acceptors (Lipinski definition) is 4. The van der Waals surface area contributed by atoms with Gasteiger partial charge in [0.05, 0.1) is 0 Å². The Kier molecular flexibility index (Phi) is 2.89. The largest absolute Gasteiger partial charge is 0.322 e. The fourth-order valence-electron chi connectivity index (χ4n) is 1.66. The Labute approximate surface area is 113 Å². The first-order valence-corrected chi connectivity index (χ1v) is 5.89. The zero-order valence-corrected chi connectivity index (χ0v) is 10.4. The number of aromatic nitrogens is 2. The van der Waals surface area contributed by atoms with Crippen LogP contribution in [0.3, 0.4) is 0 Å². The Bertz CT molecular complexity index is 737. The summed E-state index contributed by atoms with van der Waals surface area (Å²) >= 11 is 5.78. The molecule has 0 aliphatic rings. The van der Waals surface area contributed by atoms with Gasteiger partial charge in [0.1, 0.15) is 11.0 Å². The first kappa shape index (κ1) is 11.7. The molecule has 19 heavy (non-hydrogen) atoms. The van der Waals surface area contributed by atoms with Crippen LogP contribution in [0.5, 0.6) is 0 Å². The molecule has 0 fully saturated rings. The summed E-state index contributed by atoms with van der Waals surface area (Å²) in [5, 5.41) is 10.8. The molecule has 0 atom stereocenters. The van der Waals surface area contributed by atoms with E-state index in [0.29, 0.717) is 27.3 Å². The lowest BCUT2D eigenvalue weighted by Gasteiger charge is -2.04. The number of fused-ring (bicyclic) bond motifs is 1. The quantitative estimate of drug-likeness (QED) is 0.779. The lowest BCUT2D eigenvalue weighted by Crippen LogP contribution is -2.11. The highest BCUT2D eigenvalue weighted by molar-refractivity contribution is 6.30. The maximum absolute atomic E-state index is 12.0. The van der Waals surface area contributed by atoms with Crippen molar-refractivity contribution in [2.45, 2.75) is 0 Å². The smallest absolute Gasteiger partial charge is 0.255 e. The van der Waals surface area contributed by atoms with Crippen molar-refractivity contribution >= 4 is 34.2 Å². The highest BCUT2D eigenvalue weighted by Gasteiger charge is 2.09. The number of anilines is 1.